The number of furan rings is 1. The Morgan fingerprint density at radius 1 is 1.27 bits per heavy atom. The second kappa shape index (κ2) is 9.29. The highest BCUT2D eigenvalue weighted by Gasteiger charge is 2.26. The van der Waals surface area contributed by atoms with Crippen LogP contribution in [0.1, 0.15) is 50.4 Å². The summed E-state index contributed by atoms with van der Waals surface area (Å²) in [7, 11) is 3.59. The quantitative estimate of drug-likeness (QED) is 0.762. The number of hydrogen-bond acceptors (Lipinski definition) is 4. The minimum Gasteiger partial charge on any atom is -0.490 e. The number of amides is 2. The number of hydrogen-bond donors (Lipinski definition) is 1. The molecule has 0 spiro atoms. The first-order valence-corrected chi connectivity index (χ1v) is 11.4. The van der Waals surface area contributed by atoms with Gasteiger partial charge in [0.1, 0.15) is 5.76 Å². The summed E-state index contributed by atoms with van der Waals surface area (Å²) in [4.78, 5) is 16.0. The van der Waals surface area contributed by atoms with Crippen molar-refractivity contribution in [2.45, 2.75) is 58.0 Å². The van der Waals surface area contributed by atoms with Crippen molar-refractivity contribution in [3.05, 3.63) is 29.5 Å². The number of carbonyl (C=O) groups excluding carboxylic acids is 1. The third-order valence-corrected chi connectivity index (χ3v) is 6.65. The molecule has 4 rings (SSSR count). The zero-order chi connectivity index (χ0) is 21.1. The van der Waals surface area contributed by atoms with E-state index in [1.165, 1.54) is 30.2 Å². The Labute approximate surface area is 179 Å². The van der Waals surface area contributed by atoms with Crippen molar-refractivity contribution < 1.29 is 13.9 Å². The lowest BCUT2D eigenvalue weighted by Gasteiger charge is -2.32. The van der Waals surface area contributed by atoms with Crippen LogP contribution >= 0.6 is 0 Å². The lowest BCUT2D eigenvalue weighted by Crippen LogP contribution is -2.43. The van der Waals surface area contributed by atoms with Gasteiger partial charge in [0.05, 0.1) is 13.2 Å². The zero-order valence-corrected chi connectivity index (χ0v) is 18.6. The molecule has 164 valence electrons. The van der Waals surface area contributed by atoms with Crippen LogP contribution in [-0.4, -0.2) is 55.7 Å². The normalized spacial score (nSPS) is 22.0. The van der Waals surface area contributed by atoms with Gasteiger partial charge in [0, 0.05) is 37.6 Å². The zero-order valence-electron chi connectivity index (χ0n) is 18.6. The van der Waals surface area contributed by atoms with E-state index in [-0.39, 0.29) is 6.03 Å². The van der Waals surface area contributed by atoms with Crippen molar-refractivity contribution in [2.75, 3.05) is 33.8 Å². The average Bonchev–Trinajstić information content (AvgIpc) is 3.12. The van der Waals surface area contributed by atoms with Gasteiger partial charge in [0.25, 0.3) is 0 Å². The summed E-state index contributed by atoms with van der Waals surface area (Å²) in [5.74, 6) is 2.73. The molecule has 6 heteroatoms. The first-order chi connectivity index (χ1) is 14.5. The largest absolute Gasteiger partial charge is 0.490 e. The lowest BCUT2D eigenvalue weighted by molar-refractivity contribution is 0.187. The molecular weight excluding hydrogens is 378 g/mol. The summed E-state index contributed by atoms with van der Waals surface area (Å²) < 4.78 is 12.0. The highest BCUT2D eigenvalue weighted by atomic mass is 16.5. The molecule has 1 aromatic carbocycles. The molecule has 2 aromatic rings. The number of urea groups is 1. The molecule has 2 amide bonds. The third-order valence-electron chi connectivity index (χ3n) is 6.65. The fourth-order valence-electron chi connectivity index (χ4n) is 4.87. The Morgan fingerprint density at radius 3 is 2.80 bits per heavy atom. The summed E-state index contributed by atoms with van der Waals surface area (Å²) in [5, 5.41) is 4.35. The number of para-hydroxylation sites is 1. The summed E-state index contributed by atoms with van der Waals surface area (Å²) >= 11 is 0. The summed E-state index contributed by atoms with van der Waals surface area (Å²) in [6, 6.07) is 6.58. The van der Waals surface area contributed by atoms with Gasteiger partial charge in [-0.3, -0.25) is 4.90 Å². The first kappa shape index (κ1) is 21.0. The molecule has 1 aromatic heterocycles. The predicted molar refractivity (Wildman–Crippen MR) is 119 cm³/mol. The molecule has 6 nitrogen and oxygen atoms in total. The van der Waals surface area contributed by atoms with Crippen LogP contribution in [0.2, 0.25) is 0 Å². The standard InChI is InChI=1S/C24H35N3O3/c1-4-29-21-7-5-6-20-19-13-15-27(16-22(19)30-23(20)21)14-12-17-8-10-18(11-9-17)25-24(28)26(2)3/h5-7,17-18H,4,8-16H2,1-3H3,(H,25,28)/t17-,18-. The van der Waals surface area contributed by atoms with Gasteiger partial charge in [0.15, 0.2) is 11.3 Å². The molecule has 1 aliphatic heterocycles. The van der Waals surface area contributed by atoms with Gasteiger partial charge in [-0.1, -0.05) is 12.1 Å². The summed E-state index contributed by atoms with van der Waals surface area (Å²) in [6.45, 7) is 5.76. The van der Waals surface area contributed by atoms with E-state index in [1.54, 1.807) is 19.0 Å². The van der Waals surface area contributed by atoms with Crippen molar-refractivity contribution in [2.24, 2.45) is 5.92 Å². The minimum absolute atomic E-state index is 0.0286. The van der Waals surface area contributed by atoms with Crippen molar-refractivity contribution in [3.63, 3.8) is 0 Å². The van der Waals surface area contributed by atoms with Crippen LogP contribution in [0, 0.1) is 5.92 Å². The van der Waals surface area contributed by atoms with Gasteiger partial charge in [0.2, 0.25) is 0 Å². The van der Waals surface area contributed by atoms with Crippen LogP contribution in [0.5, 0.6) is 5.75 Å². The van der Waals surface area contributed by atoms with Crippen molar-refractivity contribution in [3.8, 4) is 5.75 Å². The molecule has 1 saturated carbocycles. The minimum atomic E-state index is 0.0286. The monoisotopic (exact) mass is 413 g/mol. The van der Waals surface area contributed by atoms with Gasteiger partial charge in [-0.2, -0.15) is 0 Å². The molecule has 1 fully saturated rings. The number of fused-ring (bicyclic) bond motifs is 3. The second-order valence-electron chi connectivity index (χ2n) is 8.95. The highest BCUT2D eigenvalue weighted by Crippen LogP contribution is 2.36. The topological polar surface area (TPSA) is 58.0 Å². The Bertz CT molecular complexity index is 868. The first-order valence-electron chi connectivity index (χ1n) is 11.4. The molecule has 0 atom stereocenters. The number of nitrogens with zero attached hydrogens (tertiary/aromatic N) is 2. The Balaban J connectivity index is 1.29. The van der Waals surface area contributed by atoms with Gasteiger partial charge >= 0.3 is 6.03 Å². The van der Waals surface area contributed by atoms with Gasteiger partial charge in [-0.05, 0) is 64.0 Å². The lowest BCUT2D eigenvalue weighted by atomic mass is 9.84. The van der Waals surface area contributed by atoms with Crippen LogP contribution in [0.4, 0.5) is 4.79 Å². The van der Waals surface area contributed by atoms with Crippen LogP contribution in [0.25, 0.3) is 11.0 Å². The average molecular weight is 414 g/mol. The number of carbonyl (C=O) groups is 1. The van der Waals surface area contributed by atoms with E-state index < -0.39 is 0 Å². The van der Waals surface area contributed by atoms with Crippen molar-refractivity contribution in [1.29, 1.82) is 0 Å². The van der Waals surface area contributed by atoms with Crippen LogP contribution in [0.3, 0.4) is 0 Å². The number of rotatable bonds is 6. The van der Waals surface area contributed by atoms with E-state index in [0.29, 0.717) is 12.6 Å². The predicted octanol–water partition coefficient (Wildman–Crippen LogP) is 4.41. The van der Waals surface area contributed by atoms with Crippen molar-refractivity contribution >= 4 is 17.0 Å². The number of benzene rings is 1. The van der Waals surface area contributed by atoms with E-state index in [2.05, 4.69) is 22.3 Å². The maximum atomic E-state index is 11.8. The number of ether oxygens (including phenoxy) is 1. The summed E-state index contributed by atoms with van der Waals surface area (Å²) in [6.07, 6.45) is 6.88. The van der Waals surface area contributed by atoms with E-state index >= 15 is 0 Å². The Hall–Kier alpha value is -2.21. The molecule has 2 aliphatic rings. The van der Waals surface area contributed by atoms with Crippen LogP contribution in [0.15, 0.2) is 22.6 Å². The second-order valence-corrected chi connectivity index (χ2v) is 8.95. The molecule has 0 saturated heterocycles. The fraction of sp³-hybridized carbons (Fsp3) is 0.625. The molecule has 1 N–H and O–H groups in total. The van der Waals surface area contributed by atoms with E-state index in [9.17, 15) is 4.79 Å². The summed E-state index contributed by atoms with van der Waals surface area (Å²) in [5.41, 5.74) is 2.27. The molecule has 0 unspecified atom stereocenters. The van der Waals surface area contributed by atoms with Crippen LogP contribution < -0.4 is 10.1 Å². The molecule has 1 aliphatic carbocycles. The van der Waals surface area contributed by atoms with Crippen LogP contribution in [-0.2, 0) is 13.0 Å². The SMILES string of the molecule is CCOc1cccc2c3c(oc12)CN(CC[C@H]1CC[C@H](NC(=O)N(C)C)CC1)CC3. The Kier molecular flexibility index (Phi) is 6.52. The highest BCUT2D eigenvalue weighted by molar-refractivity contribution is 5.87. The van der Waals surface area contributed by atoms with Gasteiger partial charge in [-0.15, -0.1) is 0 Å². The van der Waals surface area contributed by atoms with E-state index in [0.717, 1.165) is 61.9 Å². The van der Waals surface area contributed by atoms with Crippen molar-refractivity contribution in [1.82, 2.24) is 15.1 Å². The third kappa shape index (κ3) is 4.59. The molecule has 2 heterocycles. The van der Waals surface area contributed by atoms with Gasteiger partial charge in [-0.25, -0.2) is 4.79 Å². The molecule has 30 heavy (non-hydrogen) atoms. The van der Waals surface area contributed by atoms with E-state index in [1.807, 2.05) is 13.0 Å². The smallest absolute Gasteiger partial charge is 0.317 e. The molecule has 0 bridgehead atoms. The molecular formula is C24H35N3O3. The fourth-order valence-corrected chi connectivity index (χ4v) is 4.87. The Morgan fingerprint density at radius 2 is 2.07 bits per heavy atom. The maximum Gasteiger partial charge on any atom is 0.317 e. The number of nitrogens with one attached hydrogen (secondary N) is 1. The molecule has 0 radical (unpaired) electrons. The maximum absolute atomic E-state index is 11.8. The van der Waals surface area contributed by atoms with E-state index in [4.69, 9.17) is 9.15 Å². The van der Waals surface area contributed by atoms with Gasteiger partial charge < -0.3 is 19.4 Å².